The van der Waals surface area contributed by atoms with Crippen LogP contribution in [0.2, 0.25) is 0 Å². The molecule has 0 aliphatic rings. The Bertz CT molecular complexity index is 3110. The summed E-state index contributed by atoms with van der Waals surface area (Å²) in [4.78, 5) is 10.5. The summed E-state index contributed by atoms with van der Waals surface area (Å²) >= 11 is 0. The van der Waals surface area contributed by atoms with Crippen molar-refractivity contribution in [2.45, 2.75) is 0 Å². The van der Waals surface area contributed by atoms with Gasteiger partial charge in [0.1, 0.15) is 11.3 Å². The van der Waals surface area contributed by atoms with Crippen molar-refractivity contribution >= 4 is 76.6 Å². The van der Waals surface area contributed by atoms with E-state index >= 15 is 0 Å². The molecule has 0 spiro atoms. The van der Waals surface area contributed by atoms with E-state index in [1.807, 2.05) is 42.5 Å². The molecule has 228 valence electrons. The van der Waals surface area contributed by atoms with Crippen molar-refractivity contribution < 1.29 is 4.42 Å². The second-order valence-corrected chi connectivity index (χ2v) is 12.6. The van der Waals surface area contributed by atoms with Crippen LogP contribution < -0.4 is 0 Å². The van der Waals surface area contributed by atoms with E-state index in [4.69, 9.17) is 14.4 Å². The highest BCUT2D eigenvalue weighted by atomic mass is 16.3. The number of rotatable bonds is 3. The first-order valence-electron chi connectivity index (χ1n) is 16.5. The van der Waals surface area contributed by atoms with Crippen LogP contribution in [0.4, 0.5) is 0 Å². The standard InChI is InChI=1S/C44H26N4O/c1-2-13-27(14-3-1)42-44(46-35-20-8-7-19-34(35)45-42)48-37-22-10-5-16-29(37)33-25-39-32(26-40(33)48)28-15-4-9-21-36(28)47(39)38-23-12-18-31-30-17-6-11-24-41(30)49-43(31)38/h1-26H. The minimum atomic E-state index is 0.811. The molecule has 0 aliphatic carbocycles. The van der Waals surface area contributed by atoms with Crippen molar-refractivity contribution in [2.75, 3.05) is 0 Å². The average molecular weight is 627 g/mol. The van der Waals surface area contributed by atoms with E-state index in [9.17, 15) is 0 Å². The predicted octanol–water partition coefficient (Wildman–Crippen LogP) is 11.4. The molecule has 0 unspecified atom stereocenters. The lowest BCUT2D eigenvalue weighted by Crippen LogP contribution is -2.03. The highest BCUT2D eigenvalue weighted by Crippen LogP contribution is 2.42. The molecular weight excluding hydrogens is 601 g/mol. The van der Waals surface area contributed by atoms with Crippen molar-refractivity contribution in [1.29, 1.82) is 0 Å². The minimum absolute atomic E-state index is 0.811. The van der Waals surface area contributed by atoms with Crippen LogP contribution in [0.25, 0.3) is 99.3 Å². The maximum absolute atomic E-state index is 6.58. The minimum Gasteiger partial charge on any atom is -0.454 e. The van der Waals surface area contributed by atoms with E-state index in [-0.39, 0.29) is 0 Å². The monoisotopic (exact) mass is 626 g/mol. The van der Waals surface area contributed by atoms with Crippen molar-refractivity contribution in [2.24, 2.45) is 0 Å². The number of nitrogens with zero attached hydrogens (tertiary/aromatic N) is 4. The molecule has 4 heterocycles. The fraction of sp³-hybridized carbons (Fsp3) is 0. The van der Waals surface area contributed by atoms with Crippen molar-refractivity contribution in [3.63, 3.8) is 0 Å². The summed E-state index contributed by atoms with van der Waals surface area (Å²) in [5.74, 6) is 0.811. The third-order valence-corrected chi connectivity index (χ3v) is 9.90. The SMILES string of the molecule is c1ccc(-c2nc3ccccc3nc2-n2c3ccccc3c3cc4c(cc32)c2ccccc2n4-c2cccc3c2oc2ccccc23)cc1. The van der Waals surface area contributed by atoms with E-state index < -0.39 is 0 Å². The first-order valence-corrected chi connectivity index (χ1v) is 16.5. The molecule has 0 atom stereocenters. The molecule has 4 aromatic heterocycles. The summed E-state index contributed by atoms with van der Waals surface area (Å²) in [5, 5.41) is 6.88. The highest BCUT2D eigenvalue weighted by Gasteiger charge is 2.23. The van der Waals surface area contributed by atoms with Gasteiger partial charge in [-0.05, 0) is 48.5 Å². The number of fused-ring (bicyclic) bond motifs is 10. The van der Waals surface area contributed by atoms with Gasteiger partial charge in [-0.3, -0.25) is 4.57 Å². The molecule has 0 radical (unpaired) electrons. The van der Waals surface area contributed by atoms with Gasteiger partial charge < -0.3 is 8.98 Å². The summed E-state index contributed by atoms with van der Waals surface area (Å²) < 4.78 is 11.2. The van der Waals surface area contributed by atoms with Gasteiger partial charge in [-0.1, -0.05) is 109 Å². The molecule has 11 aromatic rings. The summed E-state index contributed by atoms with van der Waals surface area (Å²) in [6, 6.07) is 55.2. The number of furan rings is 1. The van der Waals surface area contributed by atoms with Crippen molar-refractivity contribution in [1.82, 2.24) is 19.1 Å². The Hall–Kier alpha value is -6.72. The molecule has 5 heteroatoms. The Morgan fingerprint density at radius 3 is 1.73 bits per heavy atom. The van der Waals surface area contributed by atoms with Gasteiger partial charge in [-0.2, -0.15) is 0 Å². The van der Waals surface area contributed by atoms with Crippen LogP contribution in [-0.2, 0) is 0 Å². The van der Waals surface area contributed by atoms with E-state index in [1.165, 1.54) is 5.39 Å². The molecule has 0 saturated carbocycles. The number of para-hydroxylation sites is 6. The number of hydrogen-bond acceptors (Lipinski definition) is 3. The topological polar surface area (TPSA) is 48.8 Å². The van der Waals surface area contributed by atoms with Gasteiger partial charge in [0.25, 0.3) is 0 Å². The van der Waals surface area contributed by atoms with Gasteiger partial charge in [0.15, 0.2) is 11.4 Å². The molecule has 0 saturated heterocycles. The lowest BCUT2D eigenvalue weighted by Gasteiger charge is -2.14. The van der Waals surface area contributed by atoms with Gasteiger partial charge in [0, 0.05) is 37.9 Å². The van der Waals surface area contributed by atoms with Crippen LogP contribution in [0, 0.1) is 0 Å². The van der Waals surface area contributed by atoms with E-state index in [0.29, 0.717) is 0 Å². The fourth-order valence-corrected chi connectivity index (χ4v) is 7.76. The largest absolute Gasteiger partial charge is 0.454 e. The van der Waals surface area contributed by atoms with Crippen LogP contribution in [0.1, 0.15) is 0 Å². The van der Waals surface area contributed by atoms with Gasteiger partial charge in [0.05, 0.1) is 38.8 Å². The second kappa shape index (κ2) is 9.89. The summed E-state index contributed by atoms with van der Waals surface area (Å²) in [7, 11) is 0. The third kappa shape index (κ3) is 3.70. The smallest absolute Gasteiger partial charge is 0.165 e. The zero-order valence-corrected chi connectivity index (χ0v) is 26.2. The molecule has 7 aromatic carbocycles. The molecule has 49 heavy (non-hydrogen) atoms. The third-order valence-electron chi connectivity index (χ3n) is 9.90. The molecular formula is C44H26N4O. The Labute approximate surface area is 279 Å². The maximum Gasteiger partial charge on any atom is 0.165 e. The molecule has 11 rings (SSSR count). The average Bonchev–Trinajstić information content (AvgIpc) is 3.81. The number of aromatic nitrogens is 4. The van der Waals surface area contributed by atoms with Gasteiger partial charge >= 0.3 is 0 Å². The maximum atomic E-state index is 6.58. The van der Waals surface area contributed by atoms with Crippen LogP contribution in [0.15, 0.2) is 162 Å². The van der Waals surface area contributed by atoms with Crippen LogP contribution >= 0.6 is 0 Å². The molecule has 0 fully saturated rings. The molecule has 0 aliphatic heterocycles. The Kier molecular flexibility index (Phi) is 5.32. The van der Waals surface area contributed by atoms with Gasteiger partial charge in [0.2, 0.25) is 0 Å². The van der Waals surface area contributed by atoms with Crippen LogP contribution in [-0.4, -0.2) is 19.1 Å². The lowest BCUT2D eigenvalue weighted by atomic mass is 10.1. The quantitative estimate of drug-likeness (QED) is 0.196. The van der Waals surface area contributed by atoms with E-state index in [1.54, 1.807) is 0 Å². The Morgan fingerprint density at radius 1 is 0.408 bits per heavy atom. The first-order chi connectivity index (χ1) is 24.3. The molecule has 0 N–H and O–H groups in total. The first kappa shape index (κ1) is 26.4. The second-order valence-electron chi connectivity index (χ2n) is 12.6. The normalized spacial score (nSPS) is 12.1. The lowest BCUT2D eigenvalue weighted by molar-refractivity contribution is 0.666. The van der Waals surface area contributed by atoms with E-state index in [0.717, 1.165) is 94.0 Å². The predicted molar refractivity (Wildman–Crippen MR) is 201 cm³/mol. The Balaban J connectivity index is 1.29. The number of hydrogen-bond donors (Lipinski definition) is 0. The summed E-state index contributed by atoms with van der Waals surface area (Å²) in [5.41, 5.74) is 10.8. The Morgan fingerprint density at radius 2 is 0.980 bits per heavy atom. The van der Waals surface area contributed by atoms with Crippen molar-refractivity contribution in [3.8, 4) is 22.8 Å². The molecule has 0 amide bonds. The summed E-state index contributed by atoms with van der Waals surface area (Å²) in [6.45, 7) is 0. The zero-order valence-electron chi connectivity index (χ0n) is 26.2. The van der Waals surface area contributed by atoms with Crippen LogP contribution in [0.3, 0.4) is 0 Å². The van der Waals surface area contributed by atoms with Crippen molar-refractivity contribution in [3.05, 3.63) is 158 Å². The van der Waals surface area contributed by atoms with E-state index in [2.05, 4.69) is 124 Å². The van der Waals surface area contributed by atoms with Gasteiger partial charge in [-0.25, -0.2) is 9.97 Å². The zero-order chi connectivity index (χ0) is 32.1. The fourth-order valence-electron chi connectivity index (χ4n) is 7.76. The molecule has 0 bridgehead atoms. The van der Waals surface area contributed by atoms with Crippen LogP contribution in [0.5, 0.6) is 0 Å². The van der Waals surface area contributed by atoms with Gasteiger partial charge in [-0.15, -0.1) is 0 Å². The molecule has 5 nitrogen and oxygen atoms in total. The highest BCUT2D eigenvalue weighted by molar-refractivity contribution is 6.20. The summed E-state index contributed by atoms with van der Waals surface area (Å²) in [6.07, 6.45) is 0. The number of benzene rings is 7.